The predicted molar refractivity (Wildman–Crippen MR) is 50.1 cm³/mol. The molecule has 1 saturated heterocycles. The molecule has 0 aliphatic carbocycles. The molecule has 1 aliphatic rings. The fourth-order valence-corrected chi connectivity index (χ4v) is 3.72. The van der Waals surface area contributed by atoms with E-state index >= 15 is 0 Å². The Labute approximate surface area is 74.5 Å². The van der Waals surface area contributed by atoms with Gasteiger partial charge in [0.05, 0.1) is 6.23 Å². The first-order valence-electron chi connectivity index (χ1n) is 4.45. The molecule has 1 heterocycles. The fraction of sp³-hybridized carbons (Fsp3) is 1.00. The van der Waals surface area contributed by atoms with Crippen molar-refractivity contribution in [2.24, 2.45) is 0 Å². The number of hydrogen-bond donors (Lipinski definition) is 3. The largest absolute Gasteiger partial charge is 0.405 e. The van der Waals surface area contributed by atoms with Crippen LogP contribution in [0.3, 0.4) is 0 Å². The van der Waals surface area contributed by atoms with Crippen LogP contribution >= 0.6 is 0 Å². The Hall–Kier alpha value is 0.0569. The van der Waals surface area contributed by atoms with E-state index in [9.17, 15) is 5.11 Å². The van der Waals surface area contributed by atoms with Gasteiger partial charge in [-0.2, -0.15) is 0 Å². The van der Waals surface area contributed by atoms with Crippen molar-refractivity contribution in [1.82, 2.24) is 10.3 Å². The lowest BCUT2D eigenvalue weighted by molar-refractivity contribution is 0.284. The van der Waals surface area contributed by atoms with Gasteiger partial charge in [0.15, 0.2) is 0 Å². The quantitative estimate of drug-likeness (QED) is 0.499. The second-order valence-corrected chi connectivity index (χ2v) is 6.70. The van der Waals surface area contributed by atoms with Crippen LogP contribution in [0.1, 0.15) is 6.42 Å². The molecule has 5 heteroatoms. The summed E-state index contributed by atoms with van der Waals surface area (Å²) in [6, 6.07) is 0.993. The molecule has 0 amide bonds. The van der Waals surface area contributed by atoms with E-state index in [4.69, 9.17) is 4.43 Å². The van der Waals surface area contributed by atoms with Crippen LogP contribution in [0.4, 0.5) is 0 Å². The third kappa shape index (κ3) is 2.53. The second kappa shape index (κ2) is 4.93. The van der Waals surface area contributed by atoms with Gasteiger partial charge >= 0.3 is 0 Å². The lowest BCUT2D eigenvalue weighted by Crippen LogP contribution is -2.59. The molecular formula is C7H18N2O2Si. The number of rotatable bonds is 2. The summed E-state index contributed by atoms with van der Waals surface area (Å²) < 4.78 is 5.41. The maximum absolute atomic E-state index is 9.21. The average molecular weight is 190 g/mol. The maximum atomic E-state index is 9.21. The van der Waals surface area contributed by atoms with Gasteiger partial charge in [-0.05, 0) is 19.0 Å². The summed E-state index contributed by atoms with van der Waals surface area (Å²) in [7, 11) is -0.249. The van der Waals surface area contributed by atoms with E-state index in [-0.39, 0.29) is 6.23 Å². The third-order valence-electron chi connectivity index (χ3n) is 2.33. The first kappa shape index (κ1) is 10.1. The zero-order valence-corrected chi connectivity index (χ0v) is 8.60. The van der Waals surface area contributed by atoms with Crippen molar-refractivity contribution in [3.63, 3.8) is 0 Å². The van der Waals surface area contributed by atoms with Crippen molar-refractivity contribution >= 4 is 8.48 Å². The van der Waals surface area contributed by atoms with Gasteiger partial charge < -0.3 is 19.8 Å². The molecule has 12 heavy (non-hydrogen) atoms. The van der Waals surface area contributed by atoms with Crippen LogP contribution in [0, 0.1) is 0 Å². The summed E-state index contributed by atoms with van der Waals surface area (Å²) in [5, 5.41) is 12.5. The molecule has 1 unspecified atom stereocenters. The monoisotopic (exact) mass is 190 g/mol. The normalized spacial score (nSPS) is 32.5. The Morgan fingerprint density at radius 2 is 2.25 bits per heavy atom. The number of hydrogen-bond acceptors (Lipinski definition) is 4. The zero-order valence-electron chi connectivity index (χ0n) is 7.60. The van der Waals surface area contributed by atoms with E-state index in [1.54, 1.807) is 7.11 Å². The van der Waals surface area contributed by atoms with Gasteiger partial charge in [-0.15, -0.1) is 0 Å². The summed E-state index contributed by atoms with van der Waals surface area (Å²) >= 11 is 0. The Bertz CT molecular complexity index is 121. The molecule has 0 aromatic heterocycles. The molecule has 0 bridgehead atoms. The average Bonchev–Trinajstić information content (AvgIpc) is 2.06. The lowest BCUT2D eigenvalue weighted by Gasteiger charge is -2.30. The van der Waals surface area contributed by atoms with Crippen LogP contribution in [-0.2, 0) is 4.43 Å². The van der Waals surface area contributed by atoms with Crippen molar-refractivity contribution < 1.29 is 9.53 Å². The molecule has 1 fully saturated rings. The van der Waals surface area contributed by atoms with E-state index in [1.807, 2.05) is 0 Å². The molecular weight excluding hydrogens is 172 g/mol. The standard InChI is InChI=1S/C7H18N2O2Si/c1-11-12(7-10)6-2-3-8-4-5-9-12/h8-10H,2-7H2,1H3. The van der Waals surface area contributed by atoms with Crippen LogP contribution in [-0.4, -0.2) is 46.6 Å². The number of aliphatic hydroxyl groups is 1. The summed E-state index contributed by atoms with van der Waals surface area (Å²) in [5.41, 5.74) is 0. The molecule has 3 N–H and O–H groups in total. The van der Waals surface area contributed by atoms with Crippen LogP contribution in [0.15, 0.2) is 0 Å². The summed E-state index contributed by atoms with van der Waals surface area (Å²) in [6.07, 6.45) is 1.27. The first-order valence-corrected chi connectivity index (χ1v) is 6.77. The van der Waals surface area contributed by atoms with Crippen LogP contribution in [0.25, 0.3) is 0 Å². The molecule has 0 radical (unpaired) electrons. The van der Waals surface area contributed by atoms with Crippen molar-refractivity contribution in [3.05, 3.63) is 0 Å². The molecule has 0 aromatic carbocycles. The third-order valence-corrected chi connectivity index (χ3v) is 5.68. The lowest BCUT2D eigenvalue weighted by atomic mass is 10.4. The Morgan fingerprint density at radius 1 is 1.42 bits per heavy atom. The van der Waals surface area contributed by atoms with Gasteiger partial charge in [-0.1, -0.05) is 0 Å². The SMILES string of the molecule is CO[Si]1(CO)CCCNCCN1. The summed E-state index contributed by atoms with van der Waals surface area (Å²) in [4.78, 5) is 3.34. The predicted octanol–water partition coefficient (Wildman–Crippen LogP) is -0.811. The second-order valence-electron chi connectivity index (χ2n) is 3.14. The summed E-state index contributed by atoms with van der Waals surface area (Å²) in [5.74, 6) is 0. The highest BCUT2D eigenvalue weighted by molar-refractivity contribution is 6.71. The van der Waals surface area contributed by atoms with Gasteiger partial charge in [0.25, 0.3) is 8.48 Å². The highest BCUT2D eigenvalue weighted by Gasteiger charge is 2.33. The first-order chi connectivity index (χ1) is 5.83. The van der Waals surface area contributed by atoms with Gasteiger partial charge in [0.2, 0.25) is 0 Å². The number of nitrogens with one attached hydrogen (secondary N) is 2. The zero-order chi connectivity index (χ0) is 8.86. The minimum absolute atomic E-state index is 0.184. The van der Waals surface area contributed by atoms with E-state index in [1.165, 1.54) is 0 Å². The van der Waals surface area contributed by atoms with Crippen LogP contribution in [0.5, 0.6) is 0 Å². The molecule has 1 aliphatic heterocycles. The van der Waals surface area contributed by atoms with E-state index in [0.717, 1.165) is 32.1 Å². The van der Waals surface area contributed by atoms with Crippen molar-refractivity contribution in [2.75, 3.05) is 33.0 Å². The highest BCUT2D eigenvalue weighted by atomic mass is 28.4. The smallest absolute Gasteiger partial charge is 0.294 e. The Kier molecular flexibility index (Phi) is 4.17. The Balaban J connectivity index is 2.45. The van der Waals surface area contributed by atoms with E-state index in [0.29, 0.717) is 0 Å². The minimum Gasteiger partial charge on any atom is -0.405 e. The molecule has 0 aromatic rings. The molecule has 1 rings (SSSR count). The van der Waals surface area contributed by atoms with Gasteiger partial charge in [-0.25, -0.2) is 0 Å². The molecule has 0 spiro atoms. The van der Waals surface area contributed by atoms with Gasteiger partial charge in [0.1, 0.15) is 0 Å². The topological polar surface area (TPSA) is 53.5 Å². The minimum atomic E-state index is -1.95. The van der Waals surface area contributed by atoms with Crippen molar-refractivity contribution in [3.8, 4) is 0 Å². The molecule has 1 atom stereocenters. The van der Waals surface area contributed by atoms with E-state index in [2.05, 4.69) is 10.3 Å². The summed E-state index contributed by atoms with van der Waals surface area (Å²) in [6.45, 7) is 2.92. The Morgan fingerprint density at radius 3 is 2.92 bits per heavy atom. The molecule has 4 nitrogen and oxygen atoms in total. The maximum Gasteiger partial charge on any atom is 0.294 e. The highest BCUT2D eigenvalue weighted by Crippen LogP contribution is 2.09. The van der Waals surface area contributed by atoms with Gasteiger partial charge in [0, 0.05) is 20.2 Å². The van der Waals surface area contributed by atoms with Gasteiger partial charge in [-0.3, -0.25) is 0 Å². The van der Waals surface area contributed by atoms with Crippen molar-refractivity contribution in [2.45, 2.75) is 12.5 Å². The van der Waals surface area contributed by atoms with Crippen LogP contribution < -0.4 is 10.3 Å². The van der Waals surface area contributed by atoms with E-state index < -0.39 is 8.48 Å². The molecule has 72 valence electrons. The van der Waals surface area contributed by atoms with Crippen molar-refractivity contribution in [1.29, 1.82) is 0 Å². The number of aliphatic hydroxyl groups excluding tert-OH is 1. The van der Waals surface area contributed by atoms with Crippen LogP contribution in [0.2, 0.25) is 6.04 Å². The fourth-order valence-electron chi connectivity index (χ4n) is 1.46. The molecule has 0 saturated carbocycles.